The molecule has 2 N–H and O–H groups in total. The second kappa shape index (κ2) is 4.86. The number of phenols is 1. The van der Waals surface area contributed by atoms with E-state index in [0.717, 1.165) is 0 Å². The summed E-state index contributed by atoms with van der Waals surface area (Å²) < 4.78 is 0. The number of rotatable bonds is 3. The Morgan fingerprint density at radius 3 is 2.78 bits per heavy atom. The van der Waals surface area contributed by atoms with E-state index in [4.69, 9.17) is 16.7 Å². The first-order chi connectivity index (χ1) is 8.54. The number of nitrogens with zero attached hydrogens (tertiary/aromatic N) is 1. The summed E-state index contributed by atoms with van der Waals surface area (Å²) in [5.41, 5.74) is 0.0159. The van der Waals surface area contributed by atoms with Crippen molar-refractivity contribution >= 4 is 29.2 Å². The lowest BCUT2D eigenvalue weighted by Gasteiger charge is -2.18. The standard InChI is InChI=1S/C12H12ClNO4/c13-5-7-4-10(15)14(6-7)9-3-1-2-8(11(9)16)12(17)18/h1-3,7,16H,4-6H2,(H,17,18). The maximum Gasteiger partial charge on any atom is 0.339 e. The van der Waals surface area contributed by atoms with Crippen molar-refractivity contribution in [3.8, 4) is 5.75 Å². The molecular weight excluding hydrogens is 258 g/mol. The van der Waals surface area contributed by atoms with Crippen LogP contribution in [0.2, 0.25) is 0 Å². The zero-order valence-corrected chi connectivity index (χ0v) is 10.2. The van der Waals surface area contributed by atoms with Gasteiger partial charge in [-0.25, -0.2) is 4.79 Å². The van der Waals surface area contributed by atoms with E-state index in [-0.39, 0.29) is 28.8 Å². The van der Waals surface area contributed by atoms with Crippen molar-refractivity contribution in [2.45, 2.75) is 6.42 Å². The lowest BCUT2D eigenvalue weighted by Crippen LogP contribution is -2.25. The molecular formula is C12H12ClNO4. The van der Waals surface area contributed by atoms with Crippen molar-refractivity contribution in [2.24, 2.45) is 5.92 Å². The second-order valence-corrected chi connectivity index (χ2v) is 4.52. The third-order valence-corrected chi connectivity index (χ3v) is 3.40. The average Bonchev–Trinajstić information content (AvgIpc) is 2.70. The van der Waals surface area contributed by atoms with Gasteiger partial charge in [-0.3, -0.25) is 4.79 Å². The van der Waals surface area contributed by atoms with E-state index in [1.165, 1.54) is 23.1 Å². The molecule has 6 heteroatoms. The fourth-order valence-electron chi connectivity index (χ4n) is 2.04. The summed E-state index contributed by atoms with van der Waals surface area (Å²) in [7, 11) is 0. The Morgan fingerprint density at radius 1 is 1.50 bits per heavy atom. The lowest BCUT2D eigenvalue weighted by molar-refractivity contribution is -0.117. The van der Waals surface area contributed by atoms with Crippen LogP contribution in [0, 0.1) is 5.92 Å². The fourth-order valence-corrected chi connectivity index (χ4v) is 2.25. The van der Waals surface area contributed by atoms with E-state index in [1.807, 2.05) is 0 Å². The second-order valence-electron chi connectivity index (χ2n) is 4.21. The van der Waals surface area contributed by atoms with Gasteiger partial charge in [0, 0.05) is 18.8 Å². The SMILES string of the molecule is O=C(O)c1cccc(N2CC(CCl)CC2=O)c1O. The molecule has 18 heavy (non-hydrogen) atoms. The van der Waals surface area contributed by atoms with Crippen LogP contribution in [0.1, 0.15) is 16.8 Å². The summed E-state index contributed by atoms with van der Waals surface area (Å²) in [4.78, 5) is 24.1. The number of carboxylic acid groups (broad SMARTS) is 1. The van der Waals surface area contributed by atoms with Crippen LogP contribution in [-0.4, -0.2) is 34.5 Å². The molecule has 5 nitrogen and oxygen atoms in total. The number of hydrogen-bond acceptors (Lipinski definition) is 3. The van der Waals surface area contributed by atoms with Gasteiger partial charge in [-0.2, -0.15) is 0 Å². The van der Waals surface area contributed by atoms with E-state index < -0.39 is 5.97 Å². The third-order valence-electron chi connectivity index (χ3n) is 2.96. The molecule has 1 amide bonds. The minimum atomic E-state index is -1.23. The molecule has 1 unspecified atom stereocenters. The molecule has 1 aromatic carbocycles. The van der Waals surface area contributed by atoms with Crippen molar-refractivity contribution in [1.29, 1.82) is 0 Å². The quantitative estimate of drug-likeness (QED) is 0.819. The minimum absolute atomic E-state index is 0.0343. The highest BCUT2D eigenvalue weighted by molar-refractivity contribution is 6.18. The third kappa shape index (κ3) is 2.13. The van der Waals surface area contributed by atoms with Crippen LogP contribution in [0.5, 0.6) is 5.75 Å². The molecule has 1 fully saturated rings. The molecule has 0 saturated carbocycles. The predicted molar refractivity (Wildman–Crippen MR) is 66.2 cm³/mol. The first-order valence-corrected chi connectivity index (χ1v) is 5.99. The minimum Gasteiger partial charge on any atom is -0.505 e. The highest BCUT2D eigenvalue weighted by Gasteiger charge is 2.32. The molecule has 1 heterocycles. The monoisotopic (exact) mass is 269 g/mol. The molecule has 1 saturated heterocycles. The zero-order chi connectivity index (χ0) is 13.3. The number of aromatic hydroxyl groups is 1. The number of para-hydroxylation sites is 1. The smallest absolute Gasteiger partial charge is 0.339 e. The average molecular weight is 270 g/mol. The Balaban J connectivity index is 2.37. The van der Waals surface area contributed by atoms with Gasteiger partial charge in [-0.05, 0) is 18.1 Å². The Bertz CT molecular complexity index is 503. The van der Waals surface area contributed by atoms with Crippen molar-refractivity contribution in [1.82, 2.24) is 0 Å². The van der Waals surface area contributed by atoms with Crippen molar-refractivity contribution in [3.63, 3.8) is 0 Å². The molecule has 1 atom stereocenters. The summed E-state index contributed by atoms with van der Waals surface area (Å²) in [6.45, 7) is 0.402. The number of benzene rings is 1. The van der Waals surface area contributed by atoms with E-state index in [9.17, 15) is 14.7 Å². The molecule has 1 aromatic rings. The van der Waals surface area contributed by atoms with Gasteiger partial charge in [-0.1, -0.05) is 6.07 Å². The Hall–Kier alpha value is -1.75. The first-order valence-electron chi connectivity index (χ1n) is 5.46. The van der Waals surface area contributed by atoms with Crippen LogP contribution >= 0.6 is 11.6 Å². The normalized spacial score (nSPS) is 19.3. The molecule has 1 aliphatic rings. The molecule has 0 aliphatic carbocycles. The summed E-state index contributed by atoms with van der Waals surface area (Å²) >= 11 is 5.71. The Morgan fingerprint density at radius 2 is 2.22 bits per heavy atom. The van der Waals surface area contributed by atoms with E-state index in [1.54, 1.807) is 0 Å². The van der Waals surface area contributed by atoms with Crippen molar-refractivity contribution in [3.05, 3.63) is 23.8 Å². The topological polar surface area (TPSA) is 77.8 Å². The Kier molecular flexibility index (Phi) is 3.43. The van der Waals surface area contributed by atoms with Gasteiger partial charge < -0.3 is 15.1 Å². The van der Waals surface area contributed by atoms with Crippen LogP contribution in [0.3, 0.4) is 0 Å². The van der Waals surface area contributed by atoms with Gasteiger partial charge in [0.15, 0.2) is 5.75 Å². The molecule has 0 radical (unpaired) electrons. The zero-order valence-electron chi connectivity index (χ0n) is 9.47. The van der Waals surface area contributed by atoms with Crippen LogP contribution in [0.4, 0.5) is 5.69 Å². The number of alkyl halides is 1. The van der Waals surface area contributed by atoms with Gasteiger partial charge in [0.1, 0.15) is 5.56 Å². The maximum absolute atomic E-state index is 11.8. The highest BCUT2D eigenvalue weighted by atomic mass is 35.5. The van der Waals surface area contributed by atoms with Crippen LogP contribution in [0.25, 0.3) is 0 Å². The number of carboxylic acids is 1. The number of amides is 1. The molecule has 2 rings (SSSR count). The lowest BCUT2D eigenvalue weighted by atomic mass is 10.1. The van der Waals surface area contributed by atoms with Crippen LogP contribution in [0.15, 0.2) is 18.2 Å². The van der Waals surface area contributed by atoms with Crippen LogP contribution in [-0.2, 0) is 4.79 Å². The van der Waals surface area contributed by atoms with Crippen LogP contribution < -0.4 is 4.90 Å². The number of hydrogen-bond donors (Lipinski definition) is 2. The van der Waals surface area contributed by atoms with E-state index >= 15 is 0 Å². The maximum atomic E-state index is 11.8. The number of anilines is 1. The summed E-state index contributed by atoms with van der Waals surface area (Å²) in [6.07, 6.45) is 0.320. The highest BCUT2D eigenvalue weighted by Crippen LogP contribution is 2.35. The summed E-state index contributed by atoms with van der Waals surface area (Å²) in [6, 6.07) is 4.32. The molecule has 96 valence electrons. The van der Waals surface area contributed by atoms with E-state index in [0.29, 0.717) is 18.8 Å². The van der Waals surface area contributed by atoms with Gasteiger partial charge in [0.2, 0.25) is 5.91 Å². The number of carbonyl (C=O) groups is 2. The Labute approximate surface area is 109 Å². The fraction of sp³-hybridized carbons (Fsp3) is 0.333. The van der Waals surface area contributed by atoms with E-state index in [2.05, 4.69) is 0 Å². The van der Waals surface area contributed by atoms with Gasteiger partial charge in [-0.15, -0.1) is 11.6 Å². The van der Waals surface area contributed by atoms with Crippen molar-refractivity contribution < 1.29 is 19.8 Å². The molecule has 0 aromatic heterocycles. The first kappa shape index (κ1) is 12.7. The number of aromatic carboxylic acids is 1. The summed E-state index contributed by atoms with van der Waals surface area (Å²) in [5, 5.41) is 18.8. The molecule has 1 aliphatic heterocycles. The summed E-state index contributed by atoms with van der Waals surface area (Å²) in [5.74, 6) is -1.37. The largest absolute Gasteiger partial charge is 0.505 e. The molecule has 0 spiro atoms. The molecule has 0 bridgehead atoms. The van der Waals surface area contributed by atoms with Gasteiger partial charge in [0.05, 0.1) is 5.69 Å². The number of halogens is 1. The van der Waals surface area contributed by atoms with Crippen molar-refractivity contribution in [2.75, 3.05) is 17.3 Å². The van der Waals surface area contributed by atoms with Gasteiger partial charge >= 0.3 is 5.97 Å². The van der Waals surface area contributed by atoms with Gasteiger partial charge in [0.25, 0.3) is 0 Å². The predicted octanol–water partition coefficient (Wildman–Crippen LogP) is 1.68. The number of carbonyl (C=O) groups excluding carboxylic acids is 1.